The summed E-state index contributed by atoms with van der Waals surface area (Å²) in [5.41, 5.74) is 5.12. The zero-order valence-electron chi connectivity index (χ0n) is 17.1. The van der Waals surface area contributed by atoms with Gasteiger partial charge in [0.1, 0.15) is 5.75 Å². The summed E-state index contributed by atoms with van der Waals surface area (Å²) in [6.45, 7) is 2.04. The fourth-order valence-corrected chi connectivity index (χ4v) is 4.13. The van der Waals surface area contributed by atoms with Gasteiger partial charge in [0.2, 0.25) is 0 Å². The number of aliphatic imine (C=N–C) groups is 1. The van der Waals surface area contributed by atoms with Crippen molar-refractivity contribution in [2.45, 2.75) is 6.92 Å². The fraction of sp³-hybridized carbons (Fsp3) is 0.120. The van der Waals surface area contributed by atoms with Crippen molar-refractivity contribution in [1.29, 1.82) is 0 Å². The minimum atomic E-state index is -0.0438. The molecule has 3 aromatic rings. The minimum Gasteiger partial charge on any atom is -0.497 e. The number of hydrogen-bond acceptors (Lipinski definition) is 4. The van der Waals surface area contributed by atoms with Gasteiger partial charge in [-0.2, -0.15) is 0 Å². The van der Waals surface area contributed by atoms with Gasteiger partial charge < -0.3 is 4.74 Å². The molecule has 0 spiro atoms. The first-order valence-electron chi connectivity index (χ1n) is 9.61. The van der Waals surface area contributed by atoms with Gasteiger partial charge in [-0.1, -0.05) is 48.0 Å². The van der Waals surface area contributed by atoms with Crippen LogP contribution in [0.1, 0.15) is 11.1 Å². The fourth-order valence-electron chi connectivity index (χ4n) is 3.14. The first-order valence-corrected chi connectivity index (χ1v) is 10.4. The Labute approximate surface area is 180 Å². The molecule has 0 N–H and O–H groups in total. The Hall–Kier alpha value is -3.31. The van der Waals surface area contributed by atoms with Crippen LogP contribution in [0.25, 0.3) is 17.2 Å². The number of thioether (sulfide) groups is 1. The topological polar surface area (TPSA) is 41.9 Å². The van der Waals surface area contributed by atoms with Gasteiger partial charge in [-0.15, -0.1) is 0 Å². The zero-order chi connectivity index (χ0) is 21.1. The summed E-state index contributed by atoms with van der Waals surface area (Å²) in [4.78, 5) is 19.6. The molecule has 0 saturated carbocycles. The number of nitrogens with zero attached hydrogens (tertiary/aromatic N) is 2. The highest BCUT2D eigenvalue weighted by molar-refractivity contribution is 8.18. The summed E-state index contributed by atoms with van der Waals surface area (Å²) in [5.74, 6) is 0.772. The molecule has 1 aliphatic heterocycles. The minimum absolute atomic E-state index is 0.0438. The molecule has 0 bridgehead atoms. The van der Waals surface area contributed by atoms with Crippen molar-refractivity contribution in [2.24, 2.45) is 4.99 Å². The van der Waals surface area contributed by atoms with Crippen LogP contribution >= 0.6 is 11.8 Å². The smallest absolute Gasteiger partial charge is 0.266 e. The predicted octanol–water partition coefficient (Wildman–Crippen LogP) is 5.90. The van der Waals surface area contributed by atoms with E-state index in [1.54, 1.807) is 19.1 Å². The van der Waals surface area contributed by atoms with E-state index in [9.17, 15) is 4.79 Å². The lowest BCUT2D eigenvalue weighted by atomic mass is 10.0. The van der Waals surface area contributed by atoms with Gasteiger partial charge in [0.15, 0.2) is 5.17 Å². The largest absolute Gasteiger partial charge is 0.497 e. The molecule has 1 fully saturated rings. The molecule has 4 nitrogen and oxygen atoms in total. The van der Waals surface area contributed by atoms with Gasteiger partial charge in [-0.05, 0) is 71.8 Å². The highest BCUT2D eigenvalue weighted by Crippen LogP contribution is 2.34. The van der Waals surface area contributed by atoms with Crippen LogP contribution in [0.15, 0.2) is 82.7 Å². The maximum Gasteiger partial charge on any atom is 0.266 e. The predicted molar refractivity (Wildman–Crippen MR) is 125 cm³/mol. The van der Waals surface area contributed by atoms with Crippen molar-refractivity contribution in [3.63, 3.8) is 0 Å². The molecule has 1 heterocycles. The van der Waals surface area contributed by atoms with E-state index < -0.39 is 0 Å². The van der Waals surface area contributed by atoms with Crippen LogP contribution in [0, 0.1) is 6.92 Å². The van der Waals surface area contributed by atoms with Crippen molar-refractivity contribution in [3.8, 4) is 16.9 Å². The molecule has 0 atom stereocenters. The lowest BCUT2D eigenvalue weighted by Gasteiger charge is -2.07. The van der Waals surface area contributed by atoms with E-state index in [1.807, 2.05) is 73.7 Å². The number of amidine groups is 1. The zero-order valence-corrected chi connectivity index (χ0v) is 17.9. The van der Waals surface area contributed by atoms with Crippen LogP contribution in [0.4, 0.5) is 5.69 Å². The maximum absolute atomic E-state index is 12.7. The molecule has 3 aromatic carbocycles. The Bertz CT molecular complexity index is 1150. The average molecular weight is 415 g/mol. The normalized spacial score (nSPS) is 16.5. The number of ether oxygens (including phenoxy) is 1. The molecule has 30 heavy (non-hydrogen) atoms. The molecular formula is C25H22N2O2S. The highest BCUT2D eigenvalue weighted by atomic mass is 32.2. The molecule has 5 heteroatoms. The van der Waals surface area contributed by atoms with Gasteiger partial charge >= 0.3 is 0 Å². The van der Waals surface area contributed by atoms with Crippen LogP contribution in [-0.4, -0.2) is 30.1 Å². The SMILES string of the molecule is COc1cccc(-c2cccc(/C=C3\S/C(=N/c4ccc(C)cc4)N(C)C3=O)c2)c1. The Kier molecular flexibility index (Phi) is 5.72. The van der Waals surface area contributed by atoms with E-state index in [0.29, 0.717) is 10.1 Å². The summed E-state index contributed by atoms with van der Waals surface area (Å²) >= 11 is 1.40. The van der Waals surface area contributed by atoms with E-state index in [2.05, 4.69) is 17.1 Å². The van der Waals surface area contributed by atoms with Crippen LogP contribution in [0.3, 0.4) is 0 Å². The summed E-state index contributed by atoms with van der Waals surface area (Å²) in [6.07, 6.45) is 1.92. The Balaban J connectivity index is 1.61. The molecule has 1 aliphatic rings. The van der Waals surface area contributed by atoms with Crippen LogP contribution in [-0.2, 0) is 4.79 Å². The molecule has 150 valence electrons. The Morgan fingerprint density at radius 3 is 2.40 bits per heavy atom. The van der Waals surface area contributed by atoms with E-state index in [0.717, 1.165) is 28.1 Å². The third-order valence-electron chi connectivity index (χ3n) is 4.85. The third-order valence-corrected chi connectivity index (χ3v) is 5.91. The number of amides is 1. The van der Waals surface area contributed by atoms with Gasteiger partial charge in [-0.3, -0.25) is 9.69 Å². The molecule has 1 amide bonds. The van der Waals surface area contributed by atoms with E-state index in [-0.39, 0.29) is 5.91 Å². The second-order valence-corrected chi connectivity index (χ2v) is 8.07. The molecule has 0 aliphatic carbocycles. The second kappa shape index (κ2) is 8.59. The molecule has 0 radical (unpaired) electrons. The number of hydrogen-bond donors (Lipinski definition) is 0. The van der Waals surface area contributed by atoms with Gasteiger partial charge in [0.05, 0.1) is 17.7 Å². The number of carbonyl (C=O) groups excluding carboxylic acids is 1. The lowest BCUT2D eigenvalue weighted by Crippen LogP contribution is -2.23. The van der Waals surface area contributed by atoms with Gasteiger partial charge in [0.25, 0.3) is 5.91 Å². The standard InChI is InChI=1S/C25H22N2O2S/c1-17-10-12-21(13-11-17)26-25-27(2)24(28)23(30-25)15-18-6-4-7-19(14-18)20-8-5-9-22(16-20)29-3/h4-16H,1-3H3/b23-15-,26-25+. The molecular weight excluding hydrogens is 392 g/mol. The number of benzene rings is 3. The second-order valence-electron chi connectivity index (χ2n) is 7.06. The number of aryl methyl sites for hydroxylation is 1. The van der Waals surface area contributed by atoms with Crippen molar-refractivity contribution >= 4 is 34.6 Å². The first-order chi connectivity index (χ1) is 14.5. The highest BCUT2D eigenvalue weighted by Gasteiger charge is 2.30. The monoisotopic (exact) mass is 414 g/mol. The van der Waals surface area contributed by atoms with Gasteiger partial charge in [0, 0.05) is 7.05 Å². The van der Waals surface area contributed by atoms with E-state index >= 15 is 0 Å². The number of carbonyl (C=O) groups is 1. The number of rotatable bonds is 4. The summed E-state index contributed by atoms with van der Waals surface area (Å²) in [5, 5.41) is 0.680. The van der Waals surface area contributed by atoms with Crippen LogP contribution < -0.4 is 4.74 Å². The van der Waals surface area contributed by atoms with Crippen molar-refractivity contribution in [2.75, 3.05) is 14.2 Å². The van der Waals surface area contributed by atoms with Gasteiger partial charge in [-0.25, -0.2) is 4.99 Å². The molecule has 0 aromatic heterocycles. The van der Waals surface area contributed by atoms with Crippen molar-refractivity contribution < 1.29 is 9.53 Å². The van der Waals surface area contributed by atoms with Crippen molar-refractivity contribution in [1.82, 2.24) is 4.90 Å². The summed E-state index contributed by atoms with van der Waals surface area (Å²) in [7, 11) is 3.42. The lowest BCUT2D eigenvalue weighted by molar-refractivity contribution is -0.121. The van der Waals surface area contributed by atoms with E-state index in [4.69, 9.17) is 4.74 Å². The first kappa shape index (κ1) is 20.0. The Morgan fingerprint density at radius 1 is 0.967 bits per heavy atom. The van der Waals surface area contributed by atoms with Crippen LogP contribution in [0.2, 0.25) is 0 Å². The van der Waals surface area contributed by atoms with Crippen molar-refractivity contribution in [3.05, 3.63) is 88.8 Å². The number of methoxy groups -OCH3 is 1. The quantitative estimate of drug-likeness (QED) is 0.499. The summed E-state index contributed by atoms with van der Waals surface area (Å²) < 4.78 is 5.33. The average Bonchev–Trinajstić information content (AvgIpc) is 3.03. The Morgan fingerprint density at radius 2 is 1.67 bits per heavy atom. The third kappa shape index (κ3) is 4.31. The molecule has 1 saturated heterocycles. The molecule has 0 unspecified atom stereocenters. The van der Waals surface area contributed by atoms with Crippen LogP contribution in [0.5, 0.6) is 5.75 Å². The molecule has 4 rings (SSSR count). The maximum atomic E-state index is 12.7. The van der Waals surface area contributed by atoms with E-state index in [1.165, 1.54) is 17.3 Å². The summed E-state index contributed by atoms with van der Waals surface area (Å²) in [6, 6.07) is 24.0. The number of likely N-dealkylation sites (N-methyl/N-ethyl adjacent to an activating group) is 1.